The maximum atomic E-state index is 14.2. The molecule has 2 aromatic heterocycles. The summed E-state index contributed by atoms with van der Waals surface area (Å²) in [6, 6.07) is 7.99. The number of hydrogen-bond acceptors (Lipinski definition) is 6. The van der Waals surface area contributed by atoms with Crippen molar-refractivity contribution in [1.29, 1.82) is 0 Å². The lowest BCUT2D eigenvalue weighted by molar-refractivity contribution is 0.0600. The normalized spacial score (nSPS) is 10.6. The predicted octanol–water partition coefficient (Wildman–Crippen LogP) is 4.72. The highest BCUT2D eigenvalue weighted by molar-refractivity contribution is 7.22. The van der Waals surface area contributed by atoms with E-state index in [0.717, 1.165) is 17.4 Å². The zero-order valence-corrected chi connectivity index (χ0v) is 19.0. The minimum absolute atomic E-state index is 0. The molecule has 0 unspecified atom stereocenters. The van der Waals surface area contributed by atoms with Crippen molar-refractivity contribution in [1.82, 2.24) is 14.5 Å². The minimum Gasteiger partial charge on any atom is -0.465 e. The Labute approximate surface area is 198 Å². The third-order valence-electron chi connectivity index (χ3n) is 4.79. The Morgan fingerprint density at radius 1 is 1.15 bits per heavy atom. The molecule has 0 saturated heterocycles. The molecule has 1 amide bonds. The summed E-state index contributed by atoms with van der Waals surface area (Å²) in [6.07, 6.45) is 5.73. The van der Waals surface area contributed by atoms with Crippen molar-refractivity contribution in [2.24, 2.45) is 0 Å². The molecule has 0 radical (unpaired) electrons. The number of hydrogen-bond donors (Lipinski definition) is 0. The second-order valence-electron chi connectivity index (χ2n) is 6.91. The molecule has 0 N–H and O–H groups in total. The van der Waals surface area contributed by atoms with Crippen molar-refractivity contribution in [3.05, 3.63) is 77.9 Å². The largest absolute Gasteiger partial charge is 0.465 e. The van der Waals surface area contributed by atoms with Crippen LogP contribution >= 0.6 is 23.7 Å². The van der Waals surface area contributed by atoms with E-state index in [1.807, 2.05) is 10.8 Å². The highest BCUT2D eigenvalue weighted by Crippen LogP contribution is 2.32. The molecule has 11 heteroatoms. The van der Waals surface area contributed by atoms with E-state index >= 15 is 0 Å². The Balaban J connectivity index is 0.00000306. The second-order valence-corrected chi connectivity index (χ2v) is 7.92. The highest BCUT2D eigenvalue weighted by atomic mass is 35.5. The van der Waals surface area contributed by atoms with E-state index in [2.05, 4.69) is 14.7 Å². The van der Waals surface area contributed by atoms with E-state index in [4.69, 9.17) is 0 Å². The van der Waals surface area contributed by atoms with Gasteiger partial charge in [-0.3, -0.25) is 9.69 Å². The molecule has 2 aromatic carbocycles. The molecule has 2 heterocycles. The number of aryl methyl sites for hydroxylation is 1. The van der Waals surface area contributed by atoms with E-state index in [1.165, 1.54) is 42.3 Å². The molecule has 0 aliphatic heterocycles. The molecule has 0 aliphatic carbocycles. The van der Waals surface area contributed by atoms with Crippen LogP contribution in [-0.2, 0) is 11.3 Å². The standard InChI is InChI=1S/C22H18F2N4O3S.ClH/c1-31-21(30)15-5-3-14(4-6-15)20(29)28(9-2-8-27-10-7-25-13-27)22-26-19-17(24)11-16(23)12-18(19)32-22;/h3-7,10-13H,2,8-9H2,1H3;1H. The van der Waals surface area contributed by atoms with Crippen LogP contribution in [0.15, 0.2) is 55.1 Å². The molecule has 0 atom stereocenters. The third kappa shape index (κ3) is 5.35. The zero-order valence-electron chi connectivity index (χ0n) is 17.4. The van der Waals surface area contributed by atoms with Crippen molar-refractivity contribution in [2.45, 2.75) is 13.0 Å². The van der Waals surface area contributed by atoms with Gasteiger partial charge in [0.25, 0.3) is 5.91 Å². The molecule has 0 fully saturated rings. The highest BCUT2D eigenvalue weighted by Gasteiger charge is 2.23. The number of nitrogens with zero attached hydrogens (tertiary/aromatic N) is 4. The number of thiazole rings is 1. The first-order chi connectivity index (χ1) is 15.5. The smallest absolute Gasteiger partial charge is 0.337 e. The van der Waals surface area contributed by atoms with Gasteiger partial charge in [0, 0.05) is 37.1 Å². The average Bonchev–Trinajstić information content (AvgIpc) is 3.46. The summed E-state index contributed by atoms with van der Waals surface area (Å²) in [4.78, 5) is 34.7. The van der Waals surface area contributed by atoms with Crippen molar-refractivity contribution in [3.63, 3.8) is 0 Å². The van der Waals surface area contributed by atoms with Crippen LogP contribution in [-0.4, -0.2) is 40.1 Å². The summed E-state index contributed by atoms with van der Waals surface area (Å²) in [6.45, 7) is 0.901. The topological polar surface area (TPSA) is 77.3 Å². The first-order valence-corrected chi connectivity index (χ1v) is 10.5. The number of amides is 1. The number of ether oxygens (including phenoxy) is 1. The number of benzene rings is 2. The molecule has 0 aliphatic rings. The monoisotopic (exact) mass is 492 g/mol. The maximum Gasteiger partial charge on any atom is 0.337 e. The number of carbonyl (C=O) groups is 2. The minimum atomic E-state index is -0.782. The lowest BCUT2D eigenvalue weighted by Gasteiger charge is -2.20. The molecule has 0 saturated carbocycles. The van der Waals surface area contributed by atoms with Gasteiger partial charge in [0.05, 0.1) is 23.7 Å². The summed E-state index contributed by atoms with van der Waals surface area (Å²) in [5.41, 5.74) is 0.652. The number of aromatic nitrogens is 3. The van der Waals surface area contributed by atoms with Crippen LogP contribution in [0.2, 0.25) is 0 Å². The first-order valence-electron chi connectivity index (χ1n) is 9.68. The summed E-state index contributed by atoms with van der Waals surface area (Å²) in [7, 11) is 1.28. The van der Waals surface area contributed by atoms with Crippen LogP contribution in [0.4, 0.5) is 13.9 Å². The number of halogens is 3. The third-order valence-corrected chi connectivity index (χ3v) is 5.81. The van der Waals surface area contributed by atoms with Gasteiger partial charge in [0.2, 0.25) is 0 Å². The van der Waals surface area contributed by atoms with Crippen LogP contribution in [0.5, 0.6) is 0 Å². The Bertz CT molecular complexity index is 1260. The van der Waals surface area contributed by atoms with Gasteiger partial charge < -0.3 is 9.30 Å². The fourth-order valence-electron chi connectivity index (χ4n) is 3.20. The lowest BCUT2D eigenvalue weighted by atomic mass is 10.1. The Hall–Kier alpha value is -3.37. The van der Waals surface area contributed by atoms with Gasteiger partial charge in [0.1, 0.15) is 11.3 Å². The first kappa shape index (κ1) is 24.3. The molecule has 4 aromatic rings. The summed E-state index contributed by atoms with van der Waals surface area (Å²) >= 11 is 1.04. The van der Waals surface area contributed by atoms with Crippen LogP contribution in [0, 0.1) is 11.6 Å². The number of imidazole rings is 1. The fraction of sp³-hybridized carbons (Fsp3) is 0.182. The lowest BCUT2D eigenvalue weighted by Crippen LogP contribution is -2.32. The molecule has 7 nitrogen and oxygen atoms in total. The maximum absolute atomic E-state index is 14.2. The number of fused-ring (bicyclic) bond motifs is 1. The summed E-state index contributed by atoms with van der Waals surface area (Å²) < 4.78 is 34.7. The predicted molar refractivity (Wildman–Crippen MR) is 123 cm³/mol. The van der Waals surface area contributed by atoms with Crippen molar-refractivity contribution in [2.75, 3.05) is 18.6 Å². The van der Waals surface area contributed by atoms with Gasteiger partial charge in [0.15, 0.2) is 10.9 Å². The summed E-state index contributed by atoms with van der Waals surface area (Å²) in [5.74, 6) is -2.37. The number of rotatable bonds is 7. The SMILES string of the molecule is COC(=O)c1ccc(C(=O)N(CCCn2ccnc2)c2nc3c(F)cc(F)cc3s2)cc1.Cl. The van der Waals surface area contributed by atoms with Gasteiger partial charge in [-0.1, -0.05) is 11.3 Å². The van der Waals surface area contributed by atoms with Gasteiger partial charge in [-0.25, -0.2) is 23.5 Å². The van der Waals surface area contributed by atoms with Crippen LogP contribution in [0.1, 0.15) is 27.1 Å². The van der Waals surface area contributed by atoms with E-state index in [1.54, 1.807) is 12.5 Å². The van der Waals surface area contributed by atoms with Crippen LogP contribution in [0.3, 0.4) is 0 Å². The second kappa shape index (κ2) is 10.5. The molecule has 4 rings (SSSR count). The number of carbonyl (C=O) groups excluding carboxylic acids is 2. The molecule has 33 heavy (non-hydrogen) atoms. The van der Waals surface area contributed by atoms with E-state index in [-0.39, 0.29) is 29.0 Å². The fourth-order valence-corrected chi connectivity index (χ4v) is 4.23. The van der Waals surface area contributed by atoms with Gasteiger partial charge in [-0.2, -0.15) is 0 Å². The number of anilines is 1. The molecule has 172 valence electrons. The van der Waals surface area contributed by atoms with Gasteiger partial charge >= 0.3 is 5.97 Å². The Kier molecular flexibility index (Phi) is 7.72. The zero-order chi connectivity index (χ0) is 22.7. The van der Waals surface area contributed by atoms with Crippen LogP contribution in [0.25, 0.3) is 10.2 Å². The van der Waals surface area contributed by atoms with E-state index in [9.17, 15) is 18.4 Å². The van der Waals surface area contributed by atoms with Crippen molar-refractivity contribution < 1.29 is 23.1 Å². The van der Waals surface area contributed by atoms with Gasteiger partial charge in [-0.15, -0.1) is 12.4 Å². The van der Waals surface area contributed by atoms with E-state index < -0.39 is 17.6 Å². The Morgan fingerprint density at radius 3 is 2.55 bits per heavy atom. The molecule has 0 bridgehead atoms. The van der Waals surface area contributed by atoms with Gasteiger partial charge in [-0.05, 0) is 36.8 Å². The molecular formula is C22H19ClF2N4O3S. The quantitative estimate of drug-likeness (QED) is 0.349. The Morgan fingerprint density at radius 2 is 1.88 bits per heavy atom. The number of esters is 1. The van der Waals surface area contributed by atoms with E-state index in [0.29, 0.717) is 35.3 Å². The van der Waals surface area contributed by atoms with Crippen molar-refractivity contribution in [3.8, 4) is 0 Å². The molecule has 0 spiro atoms. The summed E-state index contributed by atoms with van der Waals surface area (Å²) in [5, 5.41) is 0.261. The average molecular weight is 493 g/mol. The molecular weight excluding hydrogens is 474 g/mol. The van der Waals surface area contributed by atoms with Crippen molar-refractivity contribution >= 4 is 51.0 Å². The van der Waals surface area contributed by atoms with Crippen LogP contribution < -0.4 is 4.90 Å². The number of methoxy groups -OCH3 is 1.